The monoisotopic (exact) mass is 296 g/mol. The highest BCUT2D eigenvalue weighted by Gasteiger charge is 2.10. The second kappa shape index (κ2) is 6.53. The van der Waals surface area contributed by atoms with E-state index in [4.69, 9.17) is 5.73 Å². The van der Waals surface area contributed by atoms with Gasteiger partial charge in [-0.15, -0.1) is 0 Å². The minimum absolute atomic E-state index is 0.657. The van der Waals surface area contributed by atoms with E-state index in [9.17, 15) is 0 Å². The first-order valence-electron chi connectivity index (χ1n) is 7.55. The van der Waals surface area contributed by atoms with Crippen LogP contribution in [-0.2, 0) is 6.42 Å². The molecule has 0 spiro atoms. The lowest BCUT2D eigenvalue weighted by molar-refractivity contribution is 0.870. The second-order valence-corrected chi connectivity index (χ2v) is 5.10. The third-order valence-electron chi connectivity index (χ3n) is 3.63. The van der Waals surface area contributed by atoms with E-state index in [0.717, 1.165) is 41.9 Å². The molecule has 0 aliphatic rings. The van der Waals surface area contributed by atoms with Gasteiger partial charge in [0.05, 0.1) is 17.3 Å². The molecule has 0 saturated heterocycles. The molecule has 0 unspecified atom stereocenters. The highest BCUT2D eigenvalue weighted by atomic mass is 15.3. The Labute approximate surface area is 129 Å². The van der Waals surface area contributed by atoms with Crippen LogP contribution in [0, 0.1) is 0 Å². The maximum absolute atomic E-state index is 5.52. The minimum Gasteiger partial charge on any atom is -0.369 e. The van der Waals surface area contributed by atoms with Crippen molar-refractivity contribution < 1.29 is 0 Å². The van der Waals surface area contributed by atoms with Crippen LogP contribution in [0.15, 0.2) is 36.8 Å². The average molecular weight is 296 g/mol. The smallest absolute Gasteiger partial charge is 0.168 e. The molecule has 114 valence electrons. The summed E-state index contributed by atoms with van der Waals surface area (Å²) in [5.74, 6) is 0.801. The van der Waals surface area contributed by atoms with Crippen LogP contribution < -0.4 is 11.1 Å². The van der Waals surface area contributed by atoms with Crippen molar-refractivity contribution >= 4 is 16.9 Å². The highest BCUT2D eigenvalue weighted by molar-refractivity contribution is 5.87. The Morgan fingerprint density at radius 2 is 2.00 bits per heavy atom. The summed E-state index contributed by atoms with van der Waals surface area (Å²) in [6.45, 7) is 3.59. The minimum atomic E-state index is 0.657. The van der Waals surface area contributed by atoms with E-state index in [2.05, 4.69) is 51.6 Å². The number of hydrogen-bond acceptors (Lipinski definition) is 5. The van der Waals surface area contributed by atoms with Crippen molar-refractivity contribution in [1.29, 1.82) is 0 Å². The largest absolute Gasteiger partial charge is 0.369 e. The lowest BCUT2D eigenvalue weighted by atomic mass is 10.1. The zero-order chi connectivity index (χ0) is 15.4. The van der Waals surface area contributed by atoms with Crippen LogP contribution in [0.5, 0.6) is 0 Å². The number of aromatic nitrogens is 4. The molecule has 0 amide bonds. The lowest BCUT2D eigenvalue weighted by Gasteiger charge is -2.06. The molecule has 3 aromatic rings. The van der Waals surface area contributed by atoms with Crippen LogP contribution in [0.4, 0.5) is 5.82 Å². The number of rotatable bonds is 6. The number of nitrogens with two attached hydrogens (primary N) is 1. The Morgan fingerprint density at radius 1 is 1.18 bits per heavy atom. The molecule has 3 N–H and O–H groups in total. The number of anilines is 1. The molecule has 6 heteroatoms. The zero-order valence-electron chi connectivity index (χ0n) is 12.7. The molecule has 3 rings (SSSR count). The first-order valence-corrected chi connectivity index (χ1v) is 7.55. The molecule has 1 aromatic carbocycles. The maximum Gasteiger partial charge on any atom is 0.168 e. The van der Waals surface area contributed by atoms with Gasteiger partial charge >= 0.3 is 0 Å². The van der Waals surface area contributed by atoms with Crippen LogP contribution >= 0.6 is 0 Å². The molecule has 0 radical (unpaired) electrons. The molecule has 2 heterocycles. The summed E-state index contributed by atoms with van der Waals surface area (Å²) in [6.07, 6.45) is 5.29. The van der Waals surface area contributed by atoms with E-state index >= 15 is 0 Å². The molecule has 0 atom stereocenters. The van der Waals surface area contributed by atoms with Gasteiger partial charge in [0.25, 0.3) is 0 Å². The molecule has 2 aromatic heterocycles. The number of nitrogens with one attached hydrogen (secondary N) is 1. The van der Waals surface area contributed by atoms with Gasteiger partial charge in [0.2, 0.25) is 0 Å². The molecular weight excluding hydrogens is 276 g/mol. The van der Waals surface area contributed by atoms with Crippen LogP contribution in [-0.4, -0.2) is 32.8 Å². The number of fused-ring (bicyclic) bond motifs is 1. The van der Waals surface area contributed by atoms with Gasteiger partial charge in [-0.2, -0.15) is 5.10 Å². The maximum atomic E-state index is 5.52. The third-order valence-corrected chi connectivity index (χ3v) is 3.63. The highest BCUT2D eigenvalue weighted by Crippen LogP contribution is 2.21. The Morgan fingerprint density at radius 3 is 2.73 bits per heavy atom. The molecule has 6 nitrogen and oxygen atoms in total. The van der Waals surface area contributed by atoms with Gasteiger partial charge in [-0.25, -0.2) is 14.6 Å². The predicted octanol–water partition coefficient (Wildman–Crippen LogP) is 2.14. The van der Waals surface area contributed by atoms with E-state index in [-0.39, 0.29) is 0 Å². The number of benzene rings is 1. The van der Waals surface area contributed by atoms with Crippen molar-refractivity contribution in [1.82, 2.24) is 19.7 Å². The average Bonchev–Trinajstić information content (AvgIpc) is 3.00. The number of nitrogens with zero attached hydrogens (tertiary/aromatic N) is 4. The van der Waals surface area contributed by atoms with Gasteiger partial charge in [0.15, 0.2) is 5.65 Å². The van der Waals surface area contributed by atoms with Gasteiger partial charge in [0.1, 0.15) is 12.1 Å². The second-order valence-electron chi connectivity index (χ2n) is 5.10. The van der Waals surface area contributed by atoms with Crippen LogP contribution in [0.1, 0.15) is 18.9 Å². The number of aryl methyl sites for hydroxylation is 1. The SMILES string of the molecule is CCc1ccc(-n2ncc3c(NCCCN)ncnc32)cc1. The topological polar surface area (TPSA) is 81.7 Å². The van der Waals surface area contributed by atoms with Crippen molar-refractivity contribution in [3.05, 3.63) is 42.4 Å². The van der Waals surface area contributed by atoms with E-state index in [0.29, 0.717) is 6.54 Å². The van der Waals surface area contributed by atoms with Gasteiger partial charge < -0.3 is 11.1 Å². The summed E-state index contributed by atoms with van der Waals surface area (Å²) in [7, 11) is 0. The molecule has 0 bridgehead atoms. The fourth-order valence-electron chi connectivity index (χ4n) is 2.36. The summed E-state index contributed by atoms with van der Waals surface area (Å²) in [4.78, 5) is 8.67. The summed E-state index contributed by atoms with van der Waals surface area (Å²) in [5, 5.41) is 8.66. The van der Waals surface area contributed by atoms with Crippen molar-refractivity contribution in [3.63, 3.8) is 0 Å². The van der Waals surface area contributed by atoms with E-state index in [1.165, 1.54) is 5.56 Å². The van der Waals surface area contributed by atoms with Crippen molar-refractivity contribution in [2.75, 3.05) is 18.4 Å². The standard InChI is InChI=1S/C16H20N6/c1-2-12-4-6-13(7-5-12)22-16-14(10-21-22)15(19-11-20-16)18-9-3-8-17/h4-7,10-11H,2-3,8-9,17H2,1H3,(H,18,19,20). The zero-order valence-corrected chi connectivity index (χ0v) is 12.7. The molecule has 0 fully saturated rings. The summed E-state index contributed by atoms with van der Waals surface area (Å²) >= 11 is 0. The van der Waals surface area contributed by atoms with Crippen molar-refractivity contribution in [2.45, 2.75) is 19.8 Å². The first kappa shape index (κ1) is 14.5. The Hall–Kier alpha value is -2.47. The summed E-state index contributed by atoms with van der Waals surface area (Å²) in [6, 6.07) is 8.36. The Balaban J connectivity index is 1.95. The first-order chi connectivity index (χ1) is 10.8. The van der Waals surface area contributed by atoms with Crippen molar-refractivity contribution in [3.8, 4) is 5.69 Å². The summed E-state index contributed by atoms with van der Waals surface area (Å²) in [5.41, 5.74) is 8.62. The normalized spacial score (nSPS) is 11.0. The quantitative estimate of drug-likeness (QED) is 0.681. The molecular formula is C16H20N6. The van der Waals surface area contributed by atoms with Crippen LogP contribution in [0.3, 0.4) is 0 Å². The predicted molar refractivity (Wildman–Crippen MR) is 88.2 cm³/mol. The van der Waals surface area contributed by atoms with Crippen LogP contribution in [0.2, 0.25) is 0 Å². The van der Waals surface area contributed by atoms with E-state index in [1.54, 1.807) is 12.5 Å². The van der Waals surface area contributed by atoms with Crippen LogP contribution in [0.25, 0.3) is 16.7 Å². The van der Waals surface area contributed by atoms with Gasteiger partial charge in [-0.3, -0.25) is 0 Å². The molecule has 0 aliphatic carbocycles. The fourth-order valence-corrected chi connectivity index (χ4v) is 2.36. The summed E-state index contributed by atoms with van der Waals surface area (Å²) < 4.78 is 1.84. The molecule has 0 saturated carbocycles. The van der Waals surface area contributed by atoms with Gasteiger partial charge in [-0.05, 0) is 37.1 Å². The van der Waals surface area contributed by atoms with Crippen molar-refractivity contribution in [2.24, 2.45) is 5.73 Å². The van der Waals surface area contributed by atoms with Gasteiger partial charge in [-0.1, -0.05) is 19.1 Å². The fraction of sp³-hybridized carbons (Fsp3) is 0.312. The third kappa shape index (κ3) is 2.78. The lowest BCUT2D eigenvalue weighted by Crippen LogP contribution is -2.09. The Bertz CT molecular complexity index is 747. The Kier molecular flexibility index (Phi) is 4.29. The molecule has 22 heavy (non-hydrogen) atoms. The van der Waals surface area contributed by atoms with Gasteiger partial charge in [0, 0.05) is 6.54 Å². The van der Waals surface area contributed by atoms with E-state index < -0.39 is 0 Å². The molecule has 0 aliphatic heterocycles. The van der Waals surface area contributed by atoms with E-state index in [1.807, 2.05) is 4.68 Å². The number of hydrogen-bond donors (Lipinski definition) is 2.